The van der Waals surface area contributed by atoms with E-state index in [0.29, 0.717) is 30.2 Å². The highest BCUT2D eigenvalue weighted by Gasteiger charge is 2.35. The van der Waals surface area contributed by atoms with E-state index in [1.165, 1.54) is 0 Å². The van der Waals surface area contributed by atoms with Gasteiger partial charge in [0.1, 0.15) is 0 Å². The number of halogens is 1. The average Bonchev–Trinajstić information content (AvgIpc) is 2.76. The van der Waals surface area contributed by atoms with Gasteiger partial charge < -0.3 is 5.32 Å². The van der Waals surface area contributed by atoms with Gasteiger partial charge in [0.05, 0.1) is 10.9 Å². The van der Waals surface area contributed by atoms with E-state index >= 15 is 0 Å². The molecule has 1 N–H and O–H groups in total. The monoisotopic (exact) mass is 441 g/mol. The summed E-state index contributed by atoms with van der Waals surface area (Å²) in [6, 6.07) is 14.8. The Kier molecular flexibility index (Phi) is 5.93. The Hall–Kier alpha value is -2.25. The lowest BCUT2D eigenvalue weighted by Crippen LogP contribution is -2.48. The van der Waals surface area contributed by atoms with Crippen molar-refractivity contribution in [2.75, 3.05) is 19.6 Å². The van der Waals surface area contributed by atoms with Crippen LogP contribution in [0.25, 0.3) is 11.1 Å². The summed E-state index contributed by atoms with van der Waals surface area (Å²) in [5.74, 6) is 0. The maximum atomic E-state index is 13.6. The number of hydrogen-bond acceptors (Lipinski definition) is 4. The van der Waals surface area contributed by atoms with E-state index in [4.69, 9.17) is 11.6 Å². The molecule has 1 saturated heterocycles. The molecular weight excluding hydrogens is 418 g/mol. The maximum Gasteiger partial charge on any atom is 0.244 e. The number of benzene rings is 2. The number of aryl methyl sites for hydroxylation is 1. The van der Waals surface area contributed by atoms with E-state index in [1.807, 2.05) is 37.4 Å². The maximum absolute atomic E-state index is 13.6. The zero-order chi connectivity index (χ0) is 21.3. The lowest BCUT2D eigenvalue weighted by Gasteiger charge is -2.36. The molecule has 0 amide bonds. The minimum absolute atomic E-state index is 0.267. The molecule has 2 aromatic carbocycles. The number of piperazine rings is 1. The summed E-state index contributed by atoms with van der Waals surface area (Å²) in [6.07, 6.45) is 3.61. The highest BCUT2D eigenvalue weighted by Crippen LogP contribution is 2.34. The molecule has 5 nitrogen and oxygen atoms in total. The number of pyridine rings is 1. The summed E-state index contributed by atoms with van der Waals surface area (Å²) < 4.78 is 28.8. The normalized spacial score (nSPS) is 17.8. The number of nitrogens with one attached hydrogen (secondary N) is 1. The standard InChI is InChI=1S/C23H24ClN3O2S/c1-16-14-25-10-9-20(16)18-5-3-6-19(13-18)22-15-26-11-12-27(22)30(28,29)23-8-4-7-21(24)17(23)2/h3-10,13-14,22,26H,11-12,15H2,1-2H3. The van der Waals surface area contributed by atoms with Gasteiger partial charge in [0, 0.05) is 37.1 Å². The SMILES string of the molecule is Cc1cnccc1-c1cccc(C2CNCCN2S(=O)(=O)c2cccc(Cl)c2C)c1. The molecule has 2 heterocycles. The summed E-state index contributed by atoms with van der Waals surface area (Å²) in [5.41, 5.74) is 4.76. The van der Waals surface area contributed by atoms with Crippen molar-refractivity contribution in [1.82, 2.24) is 14.6 Å². The summed E-state index contributed by atoms with van der Waals surface area (Å²) in [4.78, 5) is 4.43. The molecule has 0 aliphatic carbocycles. The van der Waals surface area contributed by atoms with Crippen LogP contribution in [0.2, 0.25) is 5.02 Å². The van der Waals surface area contributed by atoms with Crippen molar-refractivity contribution < 1.29 is 8.42 Å². The van der Waals surface area contributed by atoms with Gasteiger partial charge in [0.2, 0.25) is 10.0 Å². The number of aromatic nitrogens is 1. The highest BCUT2D eigenvalue weighted by atomic mass is 35.5. The van der Waals surface area contributed by atoms with Crippen molar-refractivity contribution in [1.29, 1.82) is 0 Å². The van der Waals surface area contributed by atoms with Gasteiger partial charge in [0.25, 0.3) is 0 Å². The van der Waals surface area contributed by atoms with E-state index in [1.54, 1.807) is 35.6 Å². The molecule has 0 bridgehead atoms. The smallest absolute Gasteiger partial charge is 0.244 e. The molecule has 7 heteroatoms. The zero-order valence-corrected chi connectivity index (χ0v) is 18.5. The molecule has 0 saturated carbocycles. The van der Waals surface area contributed by atoms with Crippen LogP contribution in [0.4, 0.5) is 0 Å². The van der Waals surface area contributed by atoms with Crippen molar-refractivity contribution in [2.24, 2.45) is 0 Å². The molecule has 4 rings (SSSR count). The lowest BCUT2D eigenvalue weighted by atomic mass is 9.97. The molecule has 1 unspecified atom stereocenters. The largest absolute Gasteiger partial charge is 0.313 e. The molecule has 1 atom stereocenters. The third-order valence-electron chi connectivity index (χ3n) is 5.60. The Morgan fingerprint density at radius 1 is 1.13 bits per heavy atom. The van der Waals surface area contributed by atoms with Crippen molar-refractivity contribution in [3.63, 3.8) is 0 Å². The van der Waals surface area contributed by atoms with Crippen molar-refractivity contribution in [3.05, 3.63) is 82.6 Å². The van der Waals surface area contributed by atoms with Crippen LogP contribution in [0.5, 0.6) is 0 Å². The Bertz CT molecular complexity index is 1180. The van der Waals surface area contributed by atoms with Crippen LogP contribution in [0.15, 0.2) is 65.8 Å². The Balaban J connectivity index is 1.76. The van der Waals surface area contributed by atoms with Gasteiger partial charge >= 0.3 is 0 Å². The van der Waals surface area contributed by atoms with Crippen LogP contribution in [-0.2, 0) is 10.0 Å². The van der Waals surface area contributed by atoms with Gasteiger partial charge in [-0.1, -0.05) is 35.9 Å². The molecule has 1 aliphatic heterocycles. The van der Waals surface area contributed by atoms with E-state index in [-0.39, 0.29) is 10.9 Å². The van der Waals surface area contributed by atoms with Gasteiger partial charge in [-0.25, -0.2) is 8.42 Å². The van der Waals surface area contributed by atoms with Gasteiger partial charge in [-0.15, -0.1) is 0 Å². The second-order valence-electron chi connectivity index (χ2n) is 7.51. The van der Waals surface area contributed by atoms with Gasteiger partial charge in [-0.2, -0.15) is 4.31 Å². The van der Waals surface area contributed by atoms with E-state index in [2.05, 4.69) is 16.4 Å². The quantitative estimate of drug-likeness (QED) is 0.653. The first-order valence-corrected chi connectivity index (χ1v) is 11.7. The predicted octanol–water partition coefficient (Wildman–Crippen LogP) is 4.35. The molecule has 3 aromatic rings. The summed E-state index contributed by atoms with van der Waals surface area (Å²) >= 11 is 6.22. The first-order valence-electron chi connectivity index (χ1n) is 9.88. The third kappa shape index (κ3) is 3.88. The second-order valence-corrected chi connectivity index (χ2v) is 9.78. The summed E-state index contributed by atoms with van der Waals surface area (Å²) in [6.45, 7) is 5.34. The fourth-order valence-corrected chi connectivity index (χ4v) is 6.06. The topological polar surface area (TPSA) is 62.3 Å². The van der Waals surface area contributed by atoms with E-state index in [0.717, 1.165) is 22.3 Å². The van der Waals surface area contributed by atoms with Gasteiger partial charge in [-0.3, -0.25) is 4.98 Å². The Morgan fingerprint density at radius 3 is 2.73 bits per heavy atom. The van der Waals surface area contributed by atoms with Crippen molar-refractivity contribution in [2.45, 2.75) is 24.8 Å². The van der Waals surface area contributed by atoms with E-state index in [9.17, 15) is 8.42 Å². The number of hydrogen-bond donors (Lipinski definition) is 1. The Morgan fingerprint density at radius 2 is 1.93 bits per heavy atom. The van der Waals surface area contributed by atoms with Gasteiger partial charge in [-0.05, 0) is 65.9 Å². The van der Waals surface area contributed by atoms with Crippen molar-refractivity contribution in [3.8, 4) is 11.1 Å². The first-order chi connectivity index (χ1) is 14.4. The lowest BCUT2D eigenvalue weighted by molar-refractivity contribution is 0.271. The fraction of sp³-hybridized carbons (Fsp3) is 0.261. The molecule has 1 aromatic heterocycles. The number of rotatable bonds is 4. The molecule has 1 aliphatic rings. The van der Waals surface area contributed by atoms with Crippen LogP contribution in [-0.4, -0.2) is 37.3 Å². The van der Waals surface area contributed by atoms with Crippen molar-refractivity contribution >= 4 is 21.6 Å². The first kappa shape index (κ1) is 21.0. The molecule has 30 heavy (non-hydrogen) atoms. The second kappa shape index (κ2) is 8.47. The predicted molar refractivity (Wildman–Crippen MR) is 120 cm³/mol. The molecular formula is C23H24ClN3O2S. The third-order valence-corrected chi connectivity index (χ3v) is 8.06. The molecule has 0 radical (unpaired) electrons. The molecule has 1 fully saturated rings. The fourth-order valence-electron chi connectivity index (χ4n) is 3.96. The van der Waals surface area contributed by atoms with Crippen LogP contribution in [0, 0.1) is 13.8 Å². The molecule has 156 valence electrons. The van der Waals surface area contributed by atoms with Gasteiger partial charge in [0.15, 0.2) is 0 Å². The van der Waals surface area contributed by atoms with E-state index < -0.39 is 10.0 Å². The summed E-state index contributed by atoms with van der Waals surface area (Å²) in [7, 11) is -3.70. The zero-order valence-electron chi connectivity index (χ0n) is 17.0. The number of sulfonamides is 1. The average molecular weight is 442 g/mol. The van der Waals surface area contributed by atoms with Crippen LogP contribution >= 0.6 is 11.6 Å². The minimum Gasteiger partial charge on any atom is -0.313 e. The van der Waals surface area contributed by atoms with Crippen LogP contribution in [0.1, 0.15) is 22.7 Å². The minimum atomic E-state index is -3.70. The van der Waals surface area contributed by atoms with Crippen LogP contribution in [0.3, 0.4) is 0 Å². The van der Waals surface area contributed by atoms with Crippen LogP contribution < -0.4 is 5.32 Å². The Labute approximate surface area is 182 Å². The highest BCUT2D eigenvalue weighted by molar-refractivity contribution is 7.89. The number of nitrogens with zero attached hydrogens (tertiary/aromatic N) is 2. The summed E-state index contributed by atoms with van der Waals surface area (Å²) in [5, 5.41) is 3.80. The molecule has 0 spiro atoms.